The molecule has 1 N–H and O–H groups in total. The molecule has 0 spiro atoms. The molecule has 2 aliphatic carbocycles. The van der Waals surface area contributed by atoms with E-state index in [1.165, 1.54) is 70.8 Å². The summed E-state index contributed by atoms with van der Waals surface area (Å²) in [4.78, 5) is 0. The molecular weight excluding hydrogens is 318 g/mol. The van der Waals surface area contributed by atoms with E-state index in [1.807, 2.05) is 0 Å². The summed E-state index contributed by atoms with van der Waals surface area (Å²) in [6.45, 7) is 7.85. The normalized spacial score (nSPS) is 30.0. The Morgan fingerprint density at radius 1 is 1.19 bits per heavy atom. The van der Waals surface area contributed by atoms with E-state index in [4.69, 9.17) is 4.74 Å². The van der Waals surface area contributed by atoms with Crippen molar-refractivity contribution >= 4 is 0 Å². The van der Waals surface area contributed by atoms with Crippen LogP contribution in [-0.2, 0) is 11.8 Å². The Morgan fingerprint density at radius 2 is 2.04 bits per heavy atom. The van der Waals surface area contributed by atoms with Crippen molar-refractivity contribution in [2.45, 2.75) is 89.5 Å². The van der Waals surface area contributed by atoms with E-state index in [0.29, 0.717) is 17.4 Å². The van der Waals surface area contributed by atoms with Gasteiger partial charge < -0.3 is 10.1 Å². The van der Waals surface area contributed by atoms with Crippen LogP contribution in [0.25, 0.3) is 0 Å². The molecule has 0 amide bonds. The minimum Gasteiger partial charge on any atom is -0.486 e. The van der Waals surface area contributed by atoms with Crippen LogP contribution < -0.4 is 10.1 Å². The number of ether oxygens (including phenoxy) is 1. The summed E-state index contributed by atoms with van der Waals surface area (Å²) in [6, 6.07) is 7.69. The molecule has 1 aromatic rings. The molecule has 0 aromatic heterocycles. The van der Waals surface area contributed by atoms with Crippen molar-refractivity contribution in [3.8, 4) is 5.75 Å². The van der Waals surface area contributed by atoms with Gasteiger partial charge in [-0.2, -0.15) is 0 Å². The first kappa shape index (κ1) is 18.3. The molecule has 2 bridgehead atoms. The van der Waals surface area contributed by atoms with Gasteiger partial charge in [-0.1, -0.05) is 45.6 Å². The monoisotopic (exact) mass is 354 g/mol. The second-order valence-corrected chi connectivity index (χ2v) is 8.93. The third-order valence-corrected chi connectivity index (χ3v) is 7.33. The van der Waals surface area contributed by atoms with E-state index in [1.54, 1.807) is 11.1 Å². The Balaban J connectivity index is 1.56. The number of rotatable bonds is 7. The zero-order valence-corrected chi connectivity index (χ0v) is 16.7. The van der Waals surface area contributed by atoms with Crippen LogP contribution in [0.1, 0.15) is 82.8 Å². The van der Waals surface area contributed by atoms with Crippen molar-refractivity contribution in [2.24, 2.45) is 11.8 Å². The fourth-order valence-electron chi connectivity index (χ4n) is 6.17. The summed E-state index contributed by atoms with van der Waals surface area (Å²) >= 11 is 0. The molecule has 1 aromatic carbocycles. The average molecular weight is 355 g/mol. The first-order valence-electron chi connectivity index (χ1n) is 11.1. The predicted octanol–water partition coefficient (Wildman–Crippen LogP) is 5.79. The molecule has 1 heterocycles. The average Bonchev–Trinajstić information content (AvgIpc) is 2.67. The third kappa shape index (κ3) is 3.30. The van der Waals surface area contributed by atoms with Crippen LogP contribution in [0.4, 0.5) is 0 Å². The van der Waals surface area contributed by atoms with Gasteiger partial charge in [0.25, 0.3) is 0 Å². The highest BCUT2D eigenvalue weighted by Gasteiger charge is 2.51. The summed E-state index contributed by atoms with van der Waals surface area (Å²) in [5.41, 5.74) is 3.63. The molecule has 1 aliphatic heterocycles. The smallest absolute Gasteiger partial charge is 0.138 e. The van der Waals surface area contributed by atoms with E-state index in [-0.39, 0.29) is 0 Å². The van der Waals surface area contributed by atoms with E-state index < -0.39 is 0 Å². The van der Waals surface area contributed by atoms with Crippen molar-refractivity contribution in [2.75, 3.05) is 6.54 Å². The van der Waals surface area contributed by atoms with Gasteiger partial charge in [-0.15, -0.1) is 0 Å². The van der Waals surface area contributed by atoms with Gasteiger partial charge in [-0.3, -0.25) is 0 Å². The zero-order valence-electron chi connectivity index (χ0n) is 16.7. The summed E-state index contributed by atoms with van der Waals surface area (Å²) < 4.78 is 6.21. The van der Waals surface area contributed by atoms with Crippen molar-refractivity contribution in [1.29, 1.82) is 0 Å². The highest BCUT2D eigenvalue weighted by atomic mass is 16.5. The van der Waals surface area contributed by atoms with E-state index in [0.717, 1.165) is 11.7 Å². The largest absolute Gasteiger partial charge is 0.486 e. The summed E-state index contributed by atoms with van der Waals surface area (Å²) in [5, 5.41) is 3.83. The molecule has 3 aliphatic rings. The minimum atomic E-state index is 0.424. The van der Waals surface area contributed by atoms with Gasteiger partial charge >= 0.3 is 0 Å². The minimum absolute atomic E-state index is 0.424. The summed E-state index contributed by atoms with van der Waals surface area (Å²) in [6.07, 6.45) is 13.0. The van der Waals surface area contributed by atoms with Crippen LogP contribution in [0.5, 0.6) is 5.75 Å². The molecule has 2 heteroatoms. The SMILES string of the molecule is CCCC([CH]Oc1ccc2c(c1)[C@@]13CCCC[C@H]1[C@@H](C2)NCC3)CCC. The van der Waals surface area contributed by atoms with Gasteiger partial charge in [0.15, 0.2) is 0 Å². The van der Waals surface area contributed by atoms with Gasteiger partial charge in [-0.25, -0.2) is 0 Å². The summed E-state index contributed by atoms with van der Waals surface area (Å²) in [5.74, 6) is 2.49. The van der Waals surface area contributed by atoms with Crippen molar-refractivity contribution < 1.29 is 4.74 Å². The molecule has 143 valence electrons. The maximum Gasteiger partial charge on any atom is 0.138 e. The van der Waals surface area contributed by atoms with E-state index >= 15 is 0 Å². The van der Waals surface area contributed by atoms with Crippen molar-refractivity contribution in [3.05, 3.63) is 35.9 Å². The van der Waals surface area contributed by atoms with Crippen molar-refractivity contribution in [1.82, 2.24) is 5.32 Å². The first-order valence-corrected chi connectivity index (χ1v) is 11.1. The van der Waals surface area contributed by atoms with Crippen LogP contribution >= 0.6 is 0 Å². The van der Waals surface area contributed by atoms with Gasteiger partial charge in [0.05, 0.1) is 0 Å². The third-order valence-electron chi connectivity index (χ3n) is 7.33. The zero-order chi connectivity index (χ0) is 18.0. The van der Waals surface area contributed by atoms with Crippen LogP contribution in [0.3, 0.4) is 0 Å². The fourth-order valence-corrected chi connectivity index (χ4v) is 6.17. The Morgan fingerprint density at radius 3 is 2.85 bits per heavy atom. The lowest BCUT2D eigenvalue weighted by Gasteiger charge is -2.56. The number of fused-ring (bicyclic) bond motifs is 1. The van der Waals surface area contributed by atoms with Crippen LogP contribution in [-0.4, -0.2) is 12.6 Å². The number of benzene rings is 1. The van der Waals surface area contributed by atoms with Gasteiger partial charge in [-0.05, 0) is 80.2 Å². The van der Waals surface area contributed by atoms with Crippen LogP contribution in [0.15, 0.2) is 18.2 Å². The molecule has 2 nitrogen and oxygen atoms in total. The fraction of sp³-hybridized carbons (Fsp3) is 0.708. The lowest BCUT2D eigenvalue weighted by atomic mass is 9.53. The van der Waals surface area contributed by atoms with E-state index in [9.17, 15) is 0 Å². The molecule has 26 heavy (non-hydrogen) atoms. The molecule has 1 radical (unpaired) electrons. The molecule has 3 atom stereocenters. The maximum absolute atomic E-state index is 6.21. The molecule has 2 fully saturated rings. The lowest BCUT2D eigenvalue weighted by molar-refractivity contribution is 0.0795. The molecule has 0 unspecified atom stereocenters. The van der Waals surface area contributed by atoms with Crippen LogP contribution in [0.2, 0.25) is 0 Å². The Hall–Kier alpha value is -1.02. The highest BCUT2D eigenvalue weighted by molar-refractivity contribution is 5.45. The molecule has 1 saturated carbocycles. The van der Waals surface area contributed by atoms with Gasteiger partial charge in [0.1, 0.15) is 12.4 Å². The number of hydrogen-bond donors (Lipinski definition) is 1. The summed E-state index contributed by atoms with van der Waals surface area (Å²) in [7, 11) is 0. The van der Waals surface area contributed by atoms with Crippen LogP contribution in [0, 0.1) is 18.4 Å². The number of hydrogen-bond acceptors (Lipinski definition) is 2. The predicted molar refractivity (Wildman–Crippen MR) is 108 cm³/mol. The van der Waals surface area contributed by atoms with E-state index in [2.05, 4.69) is 44.0 Å². The molecule has 1 saturated heterocycles. The Bertz CT molecular complexity index is 602. The topological polar surface area (TPSA) is 21.3 Å². The standard InChI is InChI=1S/C24H36NO/c1-3-7-18(8-4-2)17-26-20-11-10-19-15-23-21-9-5-6-12-24(21,13-14-25-23)22(19)16-20/h10-11,16-18,21,23,25H,3-9,12-15H2,1-2H3/t21-,23+,24+/m0/s1. The highest BCUT2D eigenvalue weighted by Crippen LogP contribution is 2.54. The lowest BCUT2D eigenvalue weighted by Crippen LogP contribution is -2.59. The molecule has 4 rings (SSSR count). The second kappa shape index (κ2) is 7.92. The first-order chi connectivity index (χ1) is 12.8. The second-order valence-electron chi connectivity index (χ2n) is 8.93. The number of nitrogens with one attached hydrogen (secondary N) is 1. The van der Waals surface area contributed by atoms with Gasteiger partial charge in [0.2, 0.25) is 0 Å². The quantitative estimate of drug-likeness (QED) is 0.669. The maximum atomic E-state index is 6.21. The van der Waals surface area contributed by atoms with Gasteiger partial charge in [0, 0.05) is 11.5 Å². The Labute approximate surface area is 160 Å². The van der Waals surface area contributed by atoms with Crippen molar-refractivity contribution in [3.63, 3.8) is 0 Å². The number of piperidine rings is 1. The molecular formula is C24H36NO. The Kier molecular flexibility index (Phi) is 5.59.